The van der Waals surface area contributed by atoms with E-state index in [-0.39, 0.29) is 38.6 Å². The second kappa shape index (κ2) is 54.2. The van der Waals surface area contributed by atoms with Crippen molar-refractivity contribution in [2.45, 2.75) is 232 Å². The Hall–Kier alpha value is -4.05. The zero-order chi connectivity index (χ0) is 53.4. The van der Waals surface area contributed by atoms with Crippen LogP contribution in [-0.4, -0.2) is 87.4 Å². The van der Waals surface area contributed by atoms with E-state index < -0.39 is 24.3 Å². The smallest absolute Gasteiger partial charge is 0.361 e. The predicted octanol–water partition coefficient (Wildman–Crippen LogP) is 17.1. The quantitative estimate of drug-likeness (QED) is 0.0211. The van der Waals surface area contributed by atoms with Crippen LogP contribution in [0, 0.1) is 0 Å². The first-order chi connectivity index (χ1) is 35.6. The number of aliphatic carboxylic acids is 1. The minimum absolute atomic E-state index is 0.178. The van der Waals surface area contributed by atoms with Crippen molar-refractivity contribution < 1.29 is 42.9 Å². The number of hydrogen-bond acceptors (Lipinski definition) is 7. The van der Waals surface area contributed by atoms with Crippen LogP contribution in [0.2, 0.25) is 0 Å². The summed E-state index contributed by atoms with van der Waals surface area (Å²) in [6, 6.07) is 0. The lowest BCUT2D eigenvalue weighted by molar-refractivity contribution is -0.870. The van der Waals surface area contributed by atoms with Gasteiger partial charge in [-0.15, -0.1) is 0 Å². The Bertz CT molecular complexity index is 1560. The molecule has 0 aliphatic rings. The summed E-state index contributed by atoms with van der Waals surface area (Å²) in [4.78, 5) is 37.4. The number of hydrogen-bond donors (Lipinski definition) is 1. The van der Waals surface area contributed by atoms with Crippen molar-refractivity contribution in [3.05, 3.63) is 109 Å². The number of allylic oxidation sites excluding steroid dienone is 18. The van der Waals surface area contributed by atoms with E-state index >= 15 is 0 Å². The number of ether oxygens (including phenoxy) is 4. The van der Waals surface area contributed by atoms with Crippen molar-refractivity contribution in [2.24, 2.45) is 0 Å². The molecule has 73 heavy (non-hydrogen) atoms. The number of carbonyl (C=O) groups excluding carboxylic acids is 2. The molecule has 0 bridgehead atoms. The Balaban J connectivity index is 4.33. The van der Waals surface area contributed by atoms with Gasteiger partial charge in [0.05, 0.1) is 34.4 Å². The maximum atomic E-state index is 12.9. The molecule has 9 nitrogen and oxygen atoms in total. The second-order valence-electron chi connectivity index (χ2n) is 20.2. The van der Waals surface area contributed by atoms with Crippen LogP contribution < -0.4 is 0 Å². The summed E-state index contributed by atoms with van der Waals surface area (Å²) < 4.78 is 22.9. The van der Waals surface area contributed by atoms with Crippen LogP contribution in [0.1, 0.15) is 219 Å². The molecule has 2 unspecified atom stereocenters. The highest BCUT2D eigenvalue weighted by Crippen LogP contribution is 2.14. The van der Waals surface area contributed by atoms with Gasteiger partial charge in [-0.1, -0.05) is 213 Å². The van der Waals surface area contributed by atoms with Gasteiger partial charge >= 0.3 is 17.9 Å². The van der Waals surface area contributed by atoms with Crippen molar-refractivity contribution in [1.29, 1.82) is 0 Å². The molecule has 2 atom stereocenters. The maximum absolute atomic E-state index is 12.9. The number of quaternary nitrogens is 1. The third kappa shape index (κ3) is 55.5. The van der Waals surface area contributed by atoms with Gasteiger partial charge in [0.15, 0.2) is 6.10 Å². The van der Waals surface area contributed by atoms with Crippen LogP contribution in [0.25, 0.3) is 0 Å². The Morgan fingerprint density at radius 3 is 1.16 bits per heavy atom. The Kier molecular flexibility index (Phi) is 51.2. The van der Waals surface area contributed by atoms with E-state index in [1.807, 2.05) is 21.1 Å². The molecular formula is C64H108NO8+. The van der Waals surface area contributed by atoms with E-state index in [1.54, 1.807) is 0 Å². The highest BCUT2D eigenvalue weighted by Gasteiger charge is 2.25. The summed E-state index contributed by atoms with van der Waals surface area (Å²) in [6.45, 7) is 4.72. The molecule has 0 amide bonds. The van der Waals surface area contributed by atoms with Gasteiger partial charge in [0, 0.05) is 12.8 Å². The zero-order valence-electron chi connectivity index (χ0n) is 47.3. The lowest BCUT2D eigenvalue weighted by Gasteiger charge is -2.25. The fraction of sp³-hybridized carbons (Fsp3) is 0.672. The molecule has 0 heterocycles. The van der Waals surface area contributed by atoms with Gasteiger partial charge in [-0.3, -0.25) is 9.59 Å². The first-order valence-corrected chi connectivity index (χ1v) is 29.1. The van der Waals surface area contributed by atoms with Gasteiger partial charge in [0.25, 0.3) is 6.29 Å². The highest BCUT2D eigenvalue weighted by molar-refractivity contribution is 5.71. The van der Waals surface area contributed by atoms with E-state index in [2.05, 4.69) is 123 Å². The Morgan fingerprint density at radius 1 is 0.425 bits per heavy atom. The first kappa shape index (κ1) is 69.0. The molecule has 1 N–H and O–H groups in total. The predicted molar refractivity (Wildman–Crippen MR) is 308 cm³/mol. The van der Waals surface area contributed by atoms with E-state index in [0.29, 0.717) is 17.4 Å². The van der Waals surface area contributed by atoms with Gasteiger partial charge in [-0.2, -0.15) is 0 Å². The summed E-state index contributed by atoms with van der Waals surface area (Å²) >= 11 is 0. The largest absolute Gasteiger partial charge is 0.477 e. The standard InChI is InChI=1S/C64H107NO8/c1-6-8-10-12-14-16-18-20-22-24-26-28-29-30-31-32-33-35-37-39-41-43-45-47-49-51-53-55-62(67)73-60(59-72-64(63(68)69)70-57-56-65(3,4)5)58-71-61(66)54-52-50-48-46-44-42-40-38-36-34-27-25-23-21-19-17-15-13-11-9-7-2/h8,10,14,16,19-22,25-28,30-31,33,35-36,38,60,64H,6-7,9,11-13,15,17-18,23-24,29,32,34,37,39-59H2,1-5H3/p+1/b10-8-,16-14-,21-19-,22-20-,27-25-,28-26-,31-30-,35-33-,38-36-. The highest BCUT2D eigenvalue weighted by atomic mass is 16.7. The molecule has 0 saturated heterocycles. The van der Waals surface area contributed by atoms with Gasteiger partial charge in [0.2, 0.25) is 0 Å². The average Bonchev–Trinajstić information content (AvgIpc) is 3.36. The van der Waals surface area contributed by atoms with E-state index in [0.717, 1.165) is 109 Å². The molecule has 0 aliphatic carbocycles. The molecule has 0 radical (unpaired) electrons. The van der Waals surface area contributed by atoms with E-state index in [9.17, 15) is 19.5 Å². The molecule has 0 fully saturated rings. The van der Waals surface area contributed by atoms with Gasteiger partial charge in [-0.25, -0.2) is 4.79 Å². The molecule has 0 aromatic rings. The molecule has 0 spiro atoms. The SMILES string of the molecule is CC/C=C\C/C=C\C/C=C\C/C=C\C/C=C\C/C=C\CCCCCCCCCCC(=O)OC(COC(=O)CCCCCCCC/C=C\C/C=C\C/C=C\CCCCCCC)COC(OCC[N+](C)(C)C)C(=O)O. The topological polar surface area (TPSA) is 108 Å². The van der Waals surface area contributed by atoms with Gasteiger partial charge < -0.3 is 28.5 Å². The van der Waals surface area contributed by atoms with Crippen LogP contribution in [-0.2, 0) is 33.3 Å². The van der Waals surface area contributed by atoms with Crippen LogP contribution in [0.15, 0.2) is 109 Å². The number of carboxylic acids is 1. The fourth-order valence-corrected chi connectivity index (χ4v) is 7.55. The normalized spacial score (nSPS) is 13.6. The summed E-state index contributed by atoms with van der Waals surface area (Å²) in [6.07, 6.45) is 71.5. The van der Waals surface area contributed by atoms with Crippen LogP contribution in [0.4, 0.5) is 0 Å². The Morgan fingerprint density at radius 2 is 0.781 bits per heavy atom. The molecule has 0 aliphatic heterocycles. The van der Waals surface area contributed by atoms with Crippen molar-refractivity contribution in [3.63, 3.8) is 0 Å². The number of rotatable bonds is 52. The number of nitrogens with zero attached hydrogens (tertiary/aromatic N) is 1. The number of carbonyl (C=O) groups is 3. The first-order valence-electron chi connectivity index (χ1n) is 29.1. The van der Waals surface area contributed by atoms with E-state index in [4.69, 9.17) is 18.9 Å². The molecule has 0 saturated carbocycles. The second-order valence-corrected chi connectivity index (χ2v) is 20.2. The third-order valence-corrected chi connectivity index (χ3v) is 12.0. The number of esters is 2. The summed E-state index contributed by atoms with van der Waals surface area (Å²) in [7, 11) is 5.95. The number of unbranched alkanes of at least 4 members (excludes halogenated alkanes) is 19. The Labute approximate surface area is 447 Å². The van der Waals surface area contributed by atoms with Crippen LogP contribution >= 0.6 is 0 Å². The maximum Gasteiger partial charge on any atom is 0.361 e. The monoisotopic (exact) mass is 1020 g/mol. The van der Waals surface area contributed by atoms with Gasteiger partial charge in [-0.05, 0) is 103 Å². The number of likely N-dealkylation sites (N-methyl/N-ethyl adjacent to an activating group) is 1. The molecule has 0 aromatic heterocycles. The summed E-state index contributed by atoms with van der Waals surface area (Å²) in [5.74, 6) is -2.04. The third-order valence-electron chi connectivity index (χ3n) is 12.0. The minimum atomic E-state index is -1.52. The van der Waals surface area contributed by atoms with Crippen molar-refractivity contribution in [3.8, 4) is 0 Å². The van der Waals surface area contributed by atoms with Gasteiger partial charge in [0.1, 0.15) is 13.2 Å². The fourth-order valence-electron chi connectivity index (χ4n) is 7.55. The van der Waals surface area contributed by atoms with Crippen molar-refractivity contribution >= 4 is 17.9 Å². The van der Waals surface area contributed by atoms with Crippen molar-refractivity contribution in [1.82, 2.24) is 0 Å². The lowest BCUT2D eigenvalue weighted by Crippen LogP contribution is -2.40. The average molecular weight is 1020 g/mol. The molecule has 9 heteroatoms. The summed E-state index contributed by atoms with van der Waals surface area (Å²) in [5.41, 5.74) is 0. The molecule has 0 aromatic carbocycles. The zero-order valence-corrected chi connectivity index (χ0v) is 47.3. The van der Waals surface area contributed by atoms with E-state index in [1.165, 1.54) is 77.0 Å². The lowest BCUT2D eigenvalue weighted by atomic mass is 10.1. The molecule has 0 rings (SSSR count). The minimum Gasteiger partial charge on any atom is -0.477 e. The summed E-state index contributed by atoms with van der Waals surface area (Å²) in [5, 5.41) is 9.70. The van der Waals surface area contributed by atoms with Crippen LogP contribution in [0.3, 0.4) is 0 Å². The van der Waals surface area contributed by atoms with Crippen molar-refractivity contribution in [2.75, 3.05) is 47.5 Å². The number of carboxylic acid groups (broad SMARTS) is 1. The van der Waals surface area contributed by atoms with Crippen LogP contribution in [0.5, 0.6) is 0 Å². The molecular weight excluding hydrogens is 911 g/mol. The molecule has 416 valence electrons.